The Morgan fingerprint density at radius 3 is 2.97 bits per heavy atom. The number of nitrogens with zero attached hydrogens (tertiary/aromatic N) is 3. The highest BCUT2D eigenvalue weighted by atomic mass is 32.1. The fraction of sp³-hybridized carbons (Fsp3) is 0.409. The lowest BCUT2D eigenvalue weighted by Gasteiger charge is -2.42. The lowest BCUT2D eigenvalue weighted by atomic mass is 9.83. The molecule has 3 aromatic rings. The molecule has 156 valence electrons. The van der Waals surface area contributed by atoms with Gasteiger partial charge in [-0.05, 0) is 53.8 Å². The van der Waals surface area contributed by atoms with Crippen LogP contribution in [0.4, 0.5) is 0 Å². The van der Waals surface area contributed by atoms with Crippen molar-refractivity contribution in [1.29, 1.82) is 0 Å². The molecule has 7 nitrogen and oxygen atoms in total. The predicted molar refractivity (Wildman–Crippen MR) is 114 cm³/mol. The van der Waals surface area contributed by atoms with Crippen LogP contribution in [-0.2, 0) is 19.6 Å². The number of hydrogen-bond donors (Lipinski definition) is 1. The largest absolute Gasteiger partial charge is 0.359 e. The lowest BCUT2D eigenvalue weighted by Crippen LogP contribution is -2.47. The predicted octanol–water partition coefficient (Wildman–Crippen LogP) is 2.76. The van der Waals surface area contributed by atoms with Gasteiger partial charge in [0, 0.05) is 43.9 Å². The Kier molecular flexibility index (Phi) is 5.04. The maximum Gasteiger partial charge on any atom is 0.263 e. The van der Waals surface area contributed by atoms with E-state index in [1.807, 2.05) is 17.6 Å². The van der Waals surface area contributed by atoms with E-state index in [0.717, 1.165) is 37.4 Å². The van der Waals surface area contributed by atoms with Crippen molar-refractivity contribution in [2.75, 3.05) is 13.1 Å². The zero-order valence-corrected chi connectivity index (χ0v) is 17.7. The number of pyridine rings is 1. The van der Waals surface area contributed by atoms with Crippen LogP contribution in [-0.4, -0.2) is 33.6 Å². The lowest BCUT2D eigenvalue weighted by molar-refractivity contribution is 0.0940. The molecule has 3 aromatic heterocycles. The maximum atomic E-state index is 13.1. The third-order valence-electron chi connectivity index (χ3n) is 6.01. The molecule has 1 fully saturated rings. The molecule has 0 spiro atoms. The maximum absolute atomic E-state index is 13.1. The van der Waals surface area contributed by atoms with Gasteiger partial charge in [0.25, 0.3) is 11.5 Å². The third-order valence-corrected chi connectivity index (χ3v) is 6.74. The van der Waals surface area contributed by atoms with Crippen LogP contribution < -0.4 is 10.9 Å². The first-order valence-electron chi connectivity index (χ1n) is 10.2. The van der Waals surface area contributed by atoms with Gasteiger partial charge in [-0.3, -0.25) is 14.5 Å². The van der Waals surface area contributed by atoms with E-state index in [4.69, 9.17) is 4.52 Å². The van der Waals surface area contributed by atoms with Crippen molar-refractivity contribution in [3.63, 3.8) is 0 Å². The summed E-state index contributed by atoms with van der Waals surface area (Å²) in [6.07, 6.45) is 1.11. The van der Waals surface area contributed by atoms with Crippen LogP contribution in [0, 0.1) is 12.8 Å². The highest BCUT2D eigenvalue weighted by Gasteiger charge is 2.35. The minimum Gasteiger partial charge on any atom is -0.359 e. The number of nitrogens with one attached hydrogen (secondary N) is 1. The van der Waals surface area contributed by atoms with Gasteiger partial charge in [0.05, 0.1) is 12.2 Å². The highest BCUT2D eigenvalue weighted by molar-refractivity contribution is 7.07. The zero-order valence-electron chi connectivity index (χ0n) is 16.8. The van der Waals surface area contributed by atoms with E-state index in [0.29, 0.717) is 24.1 Å². The number of carbonyl (C=O) groups is 1. The zero-order chi connectivity index (χ0) is 20.7. The molecule has 8 heteroatoms. The Bertz CT molecular complexity index is 1120. The van der Waals surface area contributed by atoms with E-state index in [-0.39, 0.29) is 23.6 Å². The molecule has 1 N–H and O–H groups in total. The summed E-state index contributed by atoms with van der Waals surface area (Å²) in [6, 6.07) is 7.58. The molecule has 0 aromatic carbocycles. The van der Waals surface area contributed by atoms with Crippen molar-refractivity contribution in [2.24, 2.45) is 5.92 Å². The number of thiophene rings is 1. The number of rotatable bonds is 5. The van der Waals surface area contributed by atoms with Crippen LogP contribution in [0.2, 0.25) is 0 Å². The number of aryl methyl sites for hydroxylation is 1. The summed E-state index contributed by atoms with van der Waals surface area (Å²) >= 11 is 1.73. The Labute approximate surface area is 178 Å². The second kappa shape index (κ2) is 7.85. The molecule has 0 aliphatic carbocycles. The second-order valence-corrected chi connectivity index (χ2v) is 9.11. The summed E-state index contributed by atoms with van der Waals surface area (Å²) in [4.78, 5) is 28.2. The smallest absolute Gasteiger partial charge is 0.263 e. The first-order valence-corrected chi connectivity index (χ1v) is 11.2. The average molecular weight is 425 g/mol. The normalized spacial score (nSPS) is 20.7. The standard InChI is InChI=1S/C22H24N4O3S/c1-14-6-18(29-24-14)8-23-21(27)19-2-3-20-17-7-16(11-26(20)22(19)28)10-25(12-17)9-15-4-5-30-13-15/h2-6,13,16-17H,7-12H2,1H3,(H,23,27)/t16-,17+/m0/s1. The van der Waals surface area contributed by atoms with E-state index in [9.17, 15) is 9.59 Å². The van der Waals surface area contributed by atoms with Crippen LogP contribution in [0.1, 0.15) is 45.4 Å². The molecule has 0 unspecified atom stereocenters. The Morgan fingerprint density at radius 1 is 1.30 bits per heavy atom. The van der Waals surface area contributed by atoms with Gasteiger partial charge in [0.1, 0.15) is 5.56 Å². The second-order valence-electron chi connectivity index (χ2n) is 8.33. The minimum absolute atomic E-state index is 0.185. The van der Waals surface area contributed by atoms with Crippen molar-refractivity contribution in [3.8, 4) is 0 Å². The quantitative estimate of drug-likeness (QED) is 0.681. The molecule has 1 amide bonds. The van der Waals surface area contributed by atoms with E-state index < -0.39 is 0 Å². The first kappa shape index (κ1) is 19.3. The van der Waals surface area contributed by atoms with Crippen molar-refractivity contribution in [2.45, 2.75) is 38.9 Å². The average Bonchev–Trinajstić information content (AvgIpc) is 3.38. The number of piperidine rings is 1. The number of carbonyl (C=O) groups excluding carboxylic acids is 1. The fourth-order valence-corrected chi connectivity index (χ4v) is 5.41. The molecular formula is C22H24N4O3S. The molecule has 30 heavy (non-hydrogen) atoms. The Balaban J connectivity index is 1.32. The van der Waals surface area contributed by atoms with Crippen molar-refractivity contribution < 1.29 is 9.32 Å². The van der Waals surface area contributed by atoms with Crippen molar-refractivity contribution in [1.82, 2.24) is 19.9 Å². The number of hydrogen-bond acceptors (Lipinski definition) is 6. The number of aromatic nitrogens is 2. The summed E-state index contributed by atoms with van der Waals surface area (Å²) in [6.45, 7) is 5.60. The number of fused-ring (bicyclic) bond motifs is 4. The Hall–Kier alpha value is -2.71. The van der Waals surface area contributed by atoms with Gasteiger partial charge in [-0.15, -0.1) is 0 Å². The SMILES string of the molecule is Cc1cc(CNC(=O)c2ccc3n(c2=O)C[C@H]2C[C@@H]3CN(Cc3ccsc3)C2)on1. The molecule has 0 radical (unpaired) electrons. The number of amides is 1. The molecule has 1 saturated heterocycles. The molecular weight excluding hydrogens is 400 g/mol. The fourth-order valence-electron chi connectivity index (χ4n) is 4.75. The van der Waals surface area contributed by atoms with E-state index >= 15 is 0 Å². The molecule has 2 bridgehead atoms. The number of likely N-dealkylation sites (tertiary alicyclic amines) is 1. The van der Waals surface area contributed by atoms with Crippen LogP contribution in [0.5, 0.6) is 0 Å². The molecule has 0 saturated carbocycles. The molecule has 5 heterocycles. The highest BCUT2D eigenvalue weighted by Crippen LogP contribution is 2.35. The first-order chi connectivity index (χ1) is 14.6. The molecule has 2 aliphatic heterocycles. The van der Waals surface area contributed by atoms with Gasteiger partial charge in [-0.1, -0.05) is 5.16 Å². The third kappa shape index (κ3) is 3.73. The summed E-state index contributed by atoms with van der Waals surface area (Å²) in [5.74, 6) is 0.958. The van der Waals surface area contributed by atoms with Gasteiger partial charge in [0.2, 0.25) is 0 Å². The van der Waals surface area contributed by atoms with Gasteiger partial charge in [-0.2, -0.15) is 11.3 Å². The van der Waals surface area contributed by atoms with Crippen LogP contribution in [0.15, 0.2) is 44.3 Å². The van der Waals surface area contributed by atoms with Crippen LogP contribution in [0.3, 0.4) is 0 Å². The van der Waals surface area contributed by atoms with Crippen LogP contribution >= 0.6 is 11.3 Å². The molecule has 2 atom stereocenters. The van der Waals surface area contributed by atoms with E-state index in [1.165, 1.54) is 5.56 Å². The van der Waals surface area contributed by atoms with E-state index in [2.05, 4.69) is 32.2 Å². The van der Waals surface area contributed by atoms with Gasteiger partial charge in [-0.25, -0.2) is 0 Å². The molecule has 5 rings (SSSR count). The van der Waals surface area contributed by atoms with Gasteiger partial charge >= 0.3 is 0 Å². The topological polar surface area (TPSA) is 80.4 Å². The monoisotopic (exact) mass is 424 g/mol. The summed E-state index contributed by atoms with van der Waals surface area (Å²) in [5, 5.41) is 10.9. The summed E-state index contributed by atoms with van der Waals surface area (Å²) < 4.78 is 6.94. The minimum atomic E-state index is -0.376. The van der Waals surface area contributed by atoms with Crippen LogP contribution in [0.25, 0.3) is 0 Å². The Morgan fingerprint density at radius 2 is 2.20 bits per heavy atom. The summed E-state index contributed by atoms with van der Waals surface area (Å²) in [5.41, 5.74) is 3.15. The van der Waals surface area contributed by atoms with Crippen molar-refractivity contribution in [3.05, 3.63) is 73.7 Å². The van der Waals surface area contributed by atoms with Gasteiger partial charge in [0.15, 0.2) is 5.76 Å². The van der Waals surface area contributed by atoms with Gasteiger partial charge < -0.3 is 14.4 Å². The summed E-state index contributed by atoms with van der Waals surface area (Å²) in [7, 11) is 0. The van der Waals surface area contributed by atoms with E-state index in [1.54, 1.807) is 23.5 Å². The molecule has 2 aliphatic rings. The van der Waals surface area contributed by atoms with Crippen molar-refractivity contribution >= 4 is 17.2 Å².